The number of benzene rings is 1. The van der Waals surface area contributed by atoms with Crippen molar-refractivity contribution in [3.8, 4) is 0 Å². The number of halogens is 2. The molecule has 0 bridgehead atoms. The van der Waals surface area contributed by atoms with Gasteiger partial charge in [0.05, 0.1) is 0 Å². The molecule has 7 heteroatoms. The summed E-state index contributed by atoms with van der Waals surface area (Å²) >= 11 is 0. The summed E-state index contributed by atoms with van der Waals surface area (Å²) < 4.78 is 53.1. The van der Waals surface area contributed by atoms with Crippen LogP contribution in [0.4, 0.5) is 14.5 Å². The van der Waals surface area contributed by atoms with Crippen LogP contribution in [0.1, 0.15) is 27.2 Å². The first kappa shape index (κ1) is 15.8. The van der Waals surface area contributed by atoms with Crippen LogP contribution in [0.3, 0.4) is 0 Å². The Morgan fingerprint density at radius 1 is 1.32 bits per heavy atom. The maximum absolute atomic E-state index is 13.7. The molecular weight excluding hydrogens is 274 g/mol. The van der Waals surface area contributed by atoms with Gasteiger partial charge >= 0.3 is 0 Å². The van der Waals surface area contributed by atoms with Crippen LogP contribution in [0, 0.1) is 17.6 Å². The van der Waals surface area contributed by atoms with Crippen LogP contribution in [0.2, 0.25) is 0 Å². The number of nitrogens with two attached hydrogens (primary N) is 1. The van der Waals surface area contributed by atoms with Gasteiger partial charge in [0.25, 0.3) is 0 Å². The van der Waals surface area contributed by atoms with Crippen LogP contribution in [-0.2, 0) is 10.0 Å². The van der Waals surface area contributed by atoms with E-state index in [1.807, 2.05) is 13.8 Å². The predicted molar refractivity (Wildman–Crippen MR) is 70.0 cm³/mol. The van der Waals surface area contributed by atoms with Gasteiger partial charge in [0.2, 0.25) is 10.0 Å². The molecule has 0 aromatic heterocycles. The van der Waals surface area contributed by atoms with Crippen molar-refractivity contribution < 1.29 is 17.2 Å². The van der Waals surface area contributed by atoms with Gasteiger partial charge in [0.1, 0.15) is 16.4 Å². The van der Waals surface area contributed by atoms with Gasteiger partial charge in [0, 0.05) is 6.04 Å². The Balaban J connectivity index is 3.12. The van der Waals surface area contributed by atoms with E-state index in [0.717, 1.165) is 18.6 Å². The minimum atomic E-state index is -4.06. The van der Waals surface area contributed by atoms with E-state index >= 15 is 0 Å². The van der Waals surface area contributed by atoms with E-state index in [4.69, 9.17) is 5.73 Å². The van der Waals surface area contributed by atoms with E-state index in [2.05, 4.69) is 4.72 Å². The molecule has 0 heterocycles. The summed E-state index contributed by atoms with van der Waals surface area (Å²) in [5, 5.41) is 0. The van der Waals surface area contributed by atoms with Crippen molar-refractivity contribution in [1.29, 1.82) is 0 Å². The molecule has 0 saturated carbocycles. The SMILES string of the molecule is CCC(C)C(C)NS(=O)(=O)c1ccc(F)c(N)c1F. The molecule has 0 aliphatic rings. The van der Waals surface area contributed by atoms with Crippen LogP contribution in [-0.4, -0.2) is 14.5 Å². The Morgan fingerprint density at radius 3 is 2.42 bits per heavy atom. The van der Waals surface area contributed by atoms with Gasteiger partial charge in [-0.25, -0.2) is 21.9 Å². The lowest BCUT2D eigenvalue weighted by Gasteiger charge is -2.20. The van der Waals surface area contributed by atoms with Crippen molar-refractivity contribution in [2.75, 3.05) is 5.73 Å². The highest BCUT2D eigenvalue weighted by Crippen LogP contribution is 2.23. The van der Waals surface area contributed by atoms with Crippen LogP contribution >= 0.6 is 0 Å². The molecule has 0 aliphatic heterocycles. The molecule has 0 radical (unpaired) electrons. The third-order valence-electron chi connectivity index (χ3n) is 3.22. The number of anilines is 1. The van der Waals surface area contributed by atoms with Crippen molar-refractivity contribution >= 4 is 15.7 Å². The van der Waals surface area contributed by atoms with Crippen LogP contribution < -0.4 is 10.5 Å². The molecule has 1 rings (SSSR count). The lowest BCUT2D eigenvalue weighted by Crippen LogP contribution is -2.37. The Morgan fingerprint density at radius 2 is 1.89 bits per heavy atom. The minimum absolute atomic E-state index is 0.0932. The van der Waals surface area contributed by atoms with Crippen molar-refractivity contribution in [3.63, 3.8) is 0 Å². The third kappa shape index (κ3) is 3.42. The number of rotatable bonds is 5. The van der Waals surface area contributed by atoms with Crippen LogP contribution in [0.5, 0.6) is 0 Å². The highest BCUT2D eigenvalue weighted by Gasteiger charge is 2.25. The normalized spacial score (nSPS) is 15.2. The quantitative estimate of drug-likeness (QED) is 0.818. The number of hydrogen-bond donors (Lipinski definition) is 2. The van der Waals surface area contributed by atoms with Gasteiger partial charge in [-0.3, -0.25) is 0 Å². The molecule has 2 atom stereocenters. The third-order valence-corrected chi connectivity index (χ3v) is 4.80. The summed E-state index contributed by atoms with van der Waals surface area (Å²) in [5.41, 5.74) is 4.36. The molecule has 0 fully saturated rings. The van der Waals surface area contributed by atoms with E-state index in [1.165, 1.54) is 0 Å². The average Bonchev–Trinajstić information content (AvgIpc) is 2.33. The summed E-state index contributed by atoms with van der Waals surface area (Å²) in [6.45, 7) is 5.49. The van der Waals surface area contributed by atoms with Crippen molar-refractivity contribution in [1.82, 2.24) is 4.72 Å². The molecule has 0 amide bonds. The summed E-state index contributed by atoms with van der Waals surface area (Å²) in [4.78, 5) is -0.637. The second kappa shape index (κ2) is 5.83. The fourth-order valence-electron chi connectivity index (χ4n) is 1.53. The van der Waals surface area contributed by atoms with Gasteiger partial charge in [-0.15, -0.1) is 0 Å². The standard InChI is InChI=1S/C12H18F2N2O2S/c1-4-7(2)8(3)16-19(17,18)10-6-5-9(13)12(15)11(10)14/h5-8,16H,4,15H2,1-3H3. The van der Waals surface area contributed by atoms with Gasteiger partial charge in [0.15, 0.2) is 5.82 Å². The van der Waals surface area contributed by atoms with Crippen LogP contribution in [0.15, 0.2) is 17.0 Å². The summed E-state index contributed by atoms with van der Waals surface area (Å²) in [7, 11) is -4.06. The Hall–Kier alpha value is -1.21. The van der Waals surface area contributed by atoms with Gasteiger partial charge in [-0.2, -0.15) is 0 Å². The van der Waals surface area contributed by atoms with Crippen LogP contribution in [0.25, 0.3) is 0 Å². The molecule has 0 saturated heterocycles. The second-order valence-electron chi connectivity index (χ2n) is 4.57. The molecule has 4 nitrogen and oxygen atoms in total. The van der Waals surface area contributed by atoms with Crippen molar-refractivity contribution in [2.45, 2.75) is 38.1 Å². The minimum Gasteiger partial charge on any atom is -0.394 e. The molecule has 1 aromatic carbocycles. The first-order valence-corrected chi connectivity index (χ1v) is 7.44. The molecule has 0 spiro atoms. The Kier molecular flexibility index (Phi) is 4.86. The average molecular weight is 292 g/mol. The zero-order chi connectivity index (χ0) is 14.8. The molecule has 19 heavy (non-hydrogen) atoms. The molecular formula is C12H18F2N2O2S. The first-order chi connectivity index (χ1) is 8.70. The largest absolute Gasteiger partial charge is 0.394 e. The first-order valence-electron chi connectivity index (χ1n) is 5.96. The lowest BCUT2D eigenvalue weighted by molar-refractivity contribution is 0.432. The highest BCUT2D eigenvalue weighted by atomic mass is 32.2. The van der Waals surface area contributed by atoms with Crippen molar-refractivity contribution in [3.05, 3.63) is 23.8 Å². The summed E-state index contributed by atoms with van der Waals surface area (Å²) in [5.74, 6) is -2.15. The van der Waals surface area contributed by atoms with E-state index in [1.54, 1.807) is 6.92 Å². The zero-order valence-electron chi connectivity index (χ0n) is 11.1. The van der Waals surface area contributed by atoms with E-state index in [9.17, 15) is 17.2 Å². The maximum atomic E-state index is 13.7. The number of nitrogens with one attached hydrogen (secondary N) is 1. The number of nitrogen functional groups attached to an aromatic ring is 1. The van der Waals surface area contributed by atoms with Gasteiger partial charge in [-0.05, 0) is 25.0 Å². The summed E-state index contributed by atoms with van der Waals surface area (Å²) in [6, 6.07) is 1.34. The van der Waals surface area contributed by atoms with Crippen molar-refractivity contribution in [2.24, 2.45) is 5.92 Å². The zero-order valence-corrected chi connectivity index (χ0v) is 11.9. The Labute approximate surface area is 112 Å². The maximum Gasteiger partial charge on any atom is 0.243 e. The topological polar surface area (TPSA) is 72.2 Å². The second-order valence-corrected chi connectivity index (χ2v) is 6.25. The number of sulfonamides is 1. The molecule has 2 unspecified atom stereocenters. The fourth-order valence-corrected chi connectivity index (χ4v) is 2.98. The lowest BCUT2D eigenvalue weighted by atomic mass is 10.0. The summed E-state index contributed by atoms with van der Waals surface area (Å²) in [6.07, 6.45) is 0.776. The fraction of sp³-hybridized carbons (Fsp3) is 0.500. The molecule has 1 aromatic rings. The number of hydrogen-bond acceptors (Lipinski definition) is 3. The van der Waals surface area contributed by atoms with E-state index < -0.39 is 32.2 Å². The Bertz CT molecular complexity index is 561. The van der Waals surface area contributed by atoms with E-state index in [0.29, 0.717) is 0 Å². The molecule has 108 valence electrons. The van der Waals surface area contributed by atoms with Gasteiger partial charge < -0.3 is 5.73 Å². The molecule has 3 N–H and O–H groups in total. The predicted octanol–water partition coefficient (Wildman–Crippen LogP) is 2.26. The van der Waals surface area contributed by atoms with E-state index in [-0.39, 0.29) is 12.0 Å². The molecule has 0 aliphatic carbocycles. The highest BCUT2D eigenvalue weighted by molar-refractivity contribution is 7.89. The monoisotopic (exact) mass is 292 g/mol. The van der Waals surface area contributed by atoms with Gasteiger partial charge in [-0.1, -0.05) is 20.3 Å². The smallest absolute Gasteiger partial charge is 0.243 e.